The number of rotatable bonds is 10. The molecule has 0 aliphatic heterocycles. The van der Waals surface area contributed by atoms with E-state index in [9.17, 15) is 9.59 Å². The first-order valence-electron chi connectivity index (χ1n) is 11.4. The van der Waals surface area contributed by atoms with Gasteiger partial charge in [0.15, 0.2) is 11.5 Å². The number of hydrogen-bond acceptors (Lipinski definition) is 7. The maximum absolute atomic E-state index is 13.0. The van der Waals surface area contributed by atoms with E-state index >= 15 is 0 Å². The highest BCUT2D eigenvalue weighted by Gasteiger charge is 2.12. The van der Waals surface area contributed by atoms with E-state index in [4.69, 9.17) is 9.47 Å². The molecular formula is C26H27N3O4S. The first-order chi connectivity index (χ1) is 16.6. The summed E-state index contributed by atoms with van der Waals surface area (Å²) in [6.45, 7) is 2.81. The van der Waals surface area contributed by atoms with Crippen LogP contribution in [-0.2, 0) is 6.42 Å². The van der Waals surface area contributed by atoms with Crippen LogP contribution in [-0.4, -0.2) is 28.3 Å². The highest BCUT2D eigenvalue weighted by atomic mass is 32.1. The number of unbranched alkanes of at least 4 members (excludes halogenated alkanes) is 3. The Bertz CT molecular complexity index is 1430. The smallest absolute Gasteiger partial charge is 0.296 e. The zero-order valence-electron chi connectivity index (χ0n) is 19.3. The Balaban J connectivity index is 1.61. The van der Waals surface area contributed by atoms with Crippen LogP contribution in [0.15, 0.2) is 58.1 Å². The molecule has 0 unspecified atom stereocenters. The zero-order valence-corrected chi connectivity index (χ0v) is 20.1. The van der Waals surface area contributed by atoms with Crippen LogP contribution in [0.25, 0.3) is 11.0 Å². The number of nitrogens with zero attached hydrogens (tertiary/aromatic N) is 3. The van der Waals surface area contributed by atoms with Gasteiger partial charge in [-0.25, -0.2) is 0 Å². The van der Waals surface area contributed by atoms with Crippen LogP contribution < -0.4 is 25.1 Å². The normalized spacial score (nSPS) is 11.8. The molecule has 34 heavy (non-hydrogen) atoms. The van der Waals surface area contributed by atoms with Gasteiger partial charge in [-0.15, -0.1) is 0 Å². The fourth-order valence-corrected chi connectivity index (χ4v) is 4.50. The molecule has 2 heterocycles. The van der Waals surface area contributed by atoms with Crippen LogP contribution >= 0.6 is 11.3 Å². The summed E-state index contributed by atoms with van der Waals surface area (Å²) in [5.74, 6) is 1.28. The van der Waals surface area contributed by atoms with Crippen molar-refractivity contribution >= 4 is 22.4 Å². The zero-order chi connectivity index (χ0) is 23.9. The van der Waals surface area contributed by atoms with Crippen molar-refractivity contribution in [1.82, 2.24) is 14.6 Å². The van der Waals surface area contributed by atoms with Crippen molar-refractivity contribution in [2.24, 2.45) is 0 Å². The highest BCUT2D eigenvalue weighted by Crippen LogP contribution is 2.28. The number of benzene rings is 2. The number of fused-ring (bicyclic) bond motifs is 1. The van der Waals surface area contributed by atoms with Gasteiger partial charge in [-0.05, 0) is 35.8 Å². The Hall–Kier alpha value is -3.52. The Morgan fingerprint density at radius 3 is 2.62 bits per heavy atom. The van der Waals surface area contributed by atoms with Crippen molar-refractivity contribution in [3.05, 3.63) is 90.6 Å². The lowest BCUT2D eigenvalue weighted by molar-refractivity contribution is 0.285. The standard InChI is InChI=1S/C26H27N3O4S/c1-3-4-5-9-14-33-21-13-12-19(16-22(21)32-2)17-23-25(31)29-26(34-23)27-24(30)20(28-29)15-18-10-7-6-8-11-18/h6-8,10-13,16-17H,3-5,9,14-15H2,1-2H3/b23-17-. The maximum atomic E-state index is 13.0. The predicted octanol–water partition coefficient (Wildman–Crippen LogP) is 3.62. The molecule has 0 saturated heterocycles. The molecule has 0 aliphatic rings. The van der Waals surface area contributed by atoms with Crippen LogP contribution in [0.2, 0.25) is 0 Å². The largest absolute Gasteiger partial charge is 0.493 e. The van der Waals surface area contributed by atoms with E-state index in [-0.39, 0.29) is 16.2 Å². The summed E-state index contributed by atoms with van der Waals surface area (Å²) in [6, 6.07) is 15.1. The van der Waals surface area contributed by atoms with E-state index in [1.54, 1.807) is 13.2 Å². The molecule has 176 valence electrons. The van der Waals surface area contributed by atoms with E-state index in [0.717, 1.165) is 35.3 Å². The molecule has 0 saturated carbocycles. The van der Waals surface area contributed by atoms with E-state index < -0.39 is 5.56 Å². The molecule has 0 N–H and O–H groups in total. The lowest BCUT2D eigenvalue weighted by atomic mass is 10.1. The topological polar surface area (TPSA) is 82.8 Å². The van der Waals surface area contributed by atoms with Crippen LogP contribution in [0.3, 0.4) is 0 Å². The molecule has 2 aromatic carbocycles. The van der Waals surface area contributed by atoms with E-state index in [1.807, 2.05) is 48.5 Å². The van der Waals surface area contributed by atoms with Gasteiger partial charge in [0.1, 0.15) is 5.69 Å². The second-order valence-electron chi connectivity index (χ2n) is 7.96. The number of methoxy groups -OCH3 is 1. The second-order valence-corrected chi connectivity index (χ2v) is 8.96. The van der Waals surface area contributed by atoms with Crippen molar-refractivity contribution in [1.29, 1.82) is 0 Å². The van der Waals surface area contributed by atoms with Gasteiger partial charge in [-0.2, -0.15) is 14.6 Å². The van der Waals surface area contributed by atoms with Crippen LogP contribution in [0.4, 0.5) is 0 Å². The van der Waals surface area contributed by atoms with E-state index in [2.05, 4.69) is 17.0 Å². The SMILES string of the molecule is CCCCCCOc1ccc(/C=c2\sc3nc(=O)c(Cc4ccccc4)nn3c2=O)cc1OC. The lowest BCUT2D eigenvalue weighted by Gasteiger charge is -2.11. The molecular weight excluding hydrogens is 450 g/mol. The number of ether oxygens (including phenoxy) is 2. The van der Waals surface area contributed by atoms with Crippen LogP contribution in [0.1, 0.15) is 49.4 Å². The van der Waals surface area contributed by atoms with Crippen molar-refractivity contribution in [2.45, 2.75) is 39.0 Å². The monoisotopic (exact) mass is 477 g/mol. The molecule has 0 radical (unpaired) electrons. The molecule has 0 atom stereocenters. The fourth-order valence-electron chi connectivity index (χ4n) is 3.60. The molecule has 0 fully saturated rings. The maximum Gasteiger partial charge on any atom is 0.296 e. The average Bonchev–Trinajstić information content (AvgIpc) is 3.14. The van der Waals surface area contributed by atoms with Crippen molar-refractivity contribution in [2.75, 3.05) is 13.7 Å². The summed E-state index contributed by atoms with van der Waals surface area (Å²) in [4.78, 5) is 29.8. The Morgan fingerprint density at radius 2 is 1.85 bits per heavy atom. The van der Waals surface area contributed by atoms with Gasteiger partial charge in [0.05, 0.1) is 18.2 Å². The fraction of sp³-hybridized carbons (Fsp3) is 0.308. The van der Waals surface area contributed by atoms with Crippen LogP contribution in [0, 0.1) is 0 Å². The summed E-state index contributed by atoms with van der Waals surface area (Å²) in [7, 11) is 1.59. The van der Waals surface area contributed by atoms with Gasteiger partial charge in [0.2, 0.25) is 4.96 Å². The average molecular weight is 478 g/mol. The highest BCUT2D eigenvalue weighted by molar-refractivity contribution is 7.15. The number of hydrogen-bond donors (Lipinski definition) is 0. The Morgan fingerprint density at radius 1 is 1.03 bits per heavy atom. The molecule has 8 heteroatoms. The predicted molar refractivity (Wildman–Crippen MR) is 134 cm³/mol. The summed E-state index contributed by atoms with van der Waals surface area (Å²) in [6.07, 6.45) is 6.59. The van der Waals surface area contributed by atoms with Crippen LogP contribution in [0.5, 0.6) is 11.5 Å². The minimum Gasteiger partial charge on any atom is -0.493 e. The lowest BCUT2D eigenvalue weighted by Crippen LogP contribution is -2.28. The molecule has 0 spiro atoms. The quantitative estimate of drug-likeness (QED) is 0.325. The Labute approximate surface area is 201 Å². The Kier molecular flexibility index (Phi) is 7.69. The third-order valence-corrected chi connectivity index (χ3v) is 6.36. The number of aromatic nitrogens is 3. The third kappa shape index (κ3) is 5.51. The molecule has 2 aromatic heterocycles. The van der Waals surface area contributed by atoms with Crippen molar-refractivity contribution in [3.8, 4) is 11.5 Å². The van der Waals surface area contributed by atoms with Gasteiger partial charge in [0.25, 0.3) is 11.1 Å². The molecule has 0 amide bonds. The van der Waals surface area contributed by atoms with Gasteiger partial charge >= 0.3 is 0 Å². The summed E-state index contributed by atoms with van der Waals surface area (Å²) in [5, 5.41) is 4.31. The first kappa shape index (κ1) is 23.6. The second kappa shape index (κ2) is 11.1. The van der Waals surface area contributed by atoms with E-state index in [1.165, 1.54) is 17.4 Å². The molecule has 4 aromatic rings. The van der Waals surface area contributed by atoms with E-state index in [0.29, 0.717) is 29.1 Å². The first-order valence-corrected chi connectivity index (χ1v) is 12.2. The van der Waals surface area contributed by atoms with Gasteiger partial charge in [0, 0.05) is 6.42 Å². The third-order valence-electron chi connectivity index (χ3n) is 5.41. The van der Waals surface area contributed by atoms with Crippen molar-refractivity contribution in [3.63, 3.8) is 0 Å². The molecule has 0 bridgehead atoms. The minimum atomic E-state index is -0.418. The van der Waals surface area contributed by atoms with Gasteiger partial charge < -0.3 is 9.47 Å². The minimum absolute atomic E-state index is 0.243. The molecule has 7 nitrogen and oxygen atoms in total. The summed E-state index contributed by atoms with van der Waals surface area (Å²) >= 11 is 1.14. The summed E-state index contributed by atoms with van der Waals surface area (Å²) in [5.41, 5.74) is 1.23. The van der Waals surface area contributed by atoms with Gasteiger partial charge in [-0.3, -0.25) is 9.59 Å². The van der Waals surface area contributed by atoms with Gasteiger partial charge in [-0.1, -0.05) is 73.9 Å². The summed E-state index contributed by atoms with van der Waals surface area (Å²) < 4.78 is 13.0. The van der Waals surface area contributed by atoms with Crippen molar-refractivity contribution < 1.29 is 9.47 Å². The molecule has 4 rings (SSSR count). The number of thiazole rings is 1. The molecule has 0 aliphatic carbocycles.